The maximum absolute atomic E-state index is 11.6. The van der Waals surface area contributed by atoms with Crippen LogP contribution in [0.4, 0.5) is 5.69 Å². The van der Waals surface area contributed by atoms with E-state index in [9.17, 15) is 4.79 Å². The number of nitrogens with one attached hydrogen (secondary N) is 1. The van der Waals surface area contributed by atoms with Crippen LogP contribution < -0.4 is 11.1 Å². The number of amides is 1. The van der Waals surface area contributed by atoms with E-state index in [1.54, 1.807) is 48.5 Å². The summed E-state index contributed by atoms with van der Waals surface area (Å²) in [7, 11) is 0. The Morgan fingerprint density at radius 1 is 1.15 bits per heavy atom. The lowest BCUT2D eigenvalue weighted by Crippen LogP contribution is -2.27. The minimum Gasteiger partial charge on any atom is -0.370 e. The Morgan fingerprint density at radius 3 is 2.25 bits per heavy atom. The predicted molar refractivity (Wildman–Crippen MR) is 78.2 cm³/mol. The number of anilines is 1. The van der Waals surface area contributed by atoms with Gasteiger partial charge in [-0.05, 0) is 42.0 Å². The number of carbonyl (C=O) groups is 1. The van der Waals surface area contributed by atoms with Gasteiger partial charge in [0, 0.05) is 10.7 Å². The molecular formula is C15H12ClN3O. The molecule has 1 unspecified atom stereocenters. The Hall–Kier alpha value is -2.51. The van der Waals surface area contributed by atoms with Gasteiger partial charge in [-0.2, -0.15) is 5.26 Å². The van der Waals surface area contributed by atoms with Gasteiger partial charge >= 0.3 is 0 Å². The zero-order chi connectivity index (χ0) is 14.5. The fraction of sp³-hybridized carbons (Fsp3) is 0.0667. The largest absolute Gasteiger partial charge is 0.370 e. The molecule has 0 aliphatic rings. The van der Waals surface area contributed by atoms with E-state index in [0.717, 1.165) is 5.69 Å². The van der Waals surface area contributed by atoms with Crippen molar-refractivity contribution in [2.75, 3.05) is 5.32 Å². The summed E-state index contributed by atoms with van der Waals surface area (Å²) in [5.41, 5.74) is 7.39. The summed E-state index contributed by atoms with van der Waals surface area (Å²) in [6.07, 6.45) is 0. The van der Waals surface area contributed by atoms with Gasteiger partial charge in [-0.25, -0.2) is 0 Å². The molecule has 2 aromatic carbocycles. The molecule has 1 atom stereocenters. The van der Waals surface area contributed by atoms with E-state index in [0.29, 0.717) is 16.1 Å². The Morgan fingerprint density at radius 2 is 1.75 bits per heavy atom. The van der Waals surface area contributed by atoms with Crippen molar-refractivity contribution >= 4 is 23.2 Å². The number of hydrogen-bond donors (Lipinski definition) is 2. The molecule has 0 aromatic heterocycles. The number of nitrogens with two attached hydrogens (primary N) is 1. The molecule has 2 rings (SSSR count). The first kappa shape index (κ1) is 13.9. The van der Waals surface area contributed by atoms with Gasteiger partial charge in [-0.3, -0.25) is 4.79 Å². The standard InChI is InChI=1S/C15H12ClN3O/c16-12-5-7-13(8-6-12)19-14(15(18)20)11-3-1-10(9-17)2-4-11/h1-8,14,19H,(H2,18,20). The van der Waals surface area contributed by atoms with Crippen LogP contribution in [0.5, 0.6) is 0 Å². The van der Waals surface area contributed by atoms with E-state index in [1.165, 1.54) is 0 Å². The maximum atomic E-state index is 11.6. The second-order valence-corrected chi connectivity index (χ2v) is 4.66. The van der Waals surface area contributed by atoms with Crippen LogP contribution in [0.25, 0.3) is 0 Å². The first-order chi connectivity index (χ1) is 9.60. The molecule has 0 radical (unpaired) electrons. The molecule has 0 bridgehead atoms. The Labute approximate surface area is 121 Å². The third-order valence-corrected chi connectivity index (χ3v) is 3.06. The van der Waals surface area contributed by atoms with Crippen LogP contribution in [-0.2, 0) is 4.79 Å². The first-order valence-electron chi connectivity index (χ1n) is 5.91. The van der Waals surface area contributed by atoms with Crippen LogP contribution in [0.3, 0.4) is 0 Å². The zero-order valence-electron chi connectivity index (χ0n) is 10.5. The summed E-state index contributed by atoms with van der Waals surface area (Å²) in [4.78, 5) is 11.6. The average molecular weight is 286 g/mol. The highest BCUT2D eigenvalue weighted by molar-refractivity contribution is 6.30. The summed E-state index contributed by atoms with van der Waals surface area (Å²) in [6, 6.07) is 15.0. The van der Waals surface area contributed by atoms with Crippen molar-refractivity contribution in [3.8, 4) is 6.07 Å². The number of halogens is 1. The number of carbonyl (C=O) groups excluding carboxylic acids is 1. The lowest BCUT2D eigenvalue weighted by Gasteiger charge is -2.17. The number of nitrogens with zero attached hydrogens (tertiary/aromatic N) is 1. The van der Waals surface area contributed by atoms with Crippen LogP contribution >= 0.6 is 11.6 Å². The predicted octanol–water partition coefficient (Wildman–Crippen LogP) is 2.85. The van der Waals surface area contributed by atoms with Gasteiger partial charge in [0.05, 0.1) is 11.6 Å². The molecule has 20 heavy (non-hydrogen) atoms. The van der Waals surface area contributed by atoms with Crippen molar-refractivity contribution in [2.24, 2.45) is 5.73 Å². The lowest BCUT2D eigenvalue weighted by molar-refractivity contribution is -0.118. The summed E-state index contributed by atoms with van der Waals surface area (Å²) in [6.45, 7) is 0. The van der Waals surface area contributed by atoms with Crippen molar-refractivity contribution < 1.29 is 4.79 Å². The molecule has 0 spiro atoms. The highest BCUT2D eigenvalue weighted by Crippen LogP contribution is 2.21. The highest BCUT2D eigenvalue weighted by Gasteiger charge is 2.17. The van der Waals surface area contributed by atoms with Gasteiger partial charge in [-0.15, -0.1) is 0 Å². The zero-order valence-corrected chi connectivity index (χ0v) is 11.3. The van der Waals surface area contributed by atoms with Crippen LogP contribution in [0.1, 0.15) is 17.2 Å². The van der Waals surface area contributed by atoms with Crippen molar-refractivity contribution in [1.82, 2.24) is 0 Å². The summed E-state index contributed by atoms with van der Waals surface area (Å²) >= 11 is 5.81. The fourth-order valence-electron chi connectivity index (χ4n) is 1.78. The molecule has 3 N–H and O–H groups in total. The van der Waals surface area contributed by atoms with E-state index < -0.39 is 11.9 Å². The van der Waals surface area contributed by atoms with Gasteiger partial charge in [0.1, 0.15) is 6.04 Å². The van der Waals surface area contributed by atoms with E-state index in [4.69, 9.17) is 22.6 Å². The number of benzene rings is 2. The monoisotopic (exact) mass is 285 g/mol. The van der Waals surface area contributed by atoms with Gasteiger partial charge in [0.15, 0.2) is 0 Å². The molecule has 100 valence electrons. The fourth-order valence-corrected chi connectivity index (χ4v) is 1.91. The molecular weight excluding hydrogens is 274 g/mol. The second-order valence-electron chi connectivity index (χ2n) is 4.22. The molecule has 4 nitrogen and oxygen atoms in total. The Balaban J connectivity index is 2.24. The number of primary amides is 1. The van der Waals surface area contributed by atoms with Crippen molar-refractivity contribution in [1.29, 1.82) is 5.26 Å². The van der Waals surface area contributed by atoms with E-state index in [-0.39, 0.29) is 0 Å². The normalized spacial score (nSPS) is 11.4. The molecule has 1 amide bonds. The van der Waals surface area contributed by atoms with Gasteiger partial charge in [0.2, 0.25) is 5.91 Å². The summed E-state index contributed by atoms with van der Waals surface area (Å²) < 4.78 is 0. The quantitative estimate of drug-likeness (QED) is 0.906. The Kier molecular flexibility index (Phi) is 4.24. The molecule has 2 aromatic rings. The third-order valence-electron chi connectivity index (χ3n) is 2.81. The maximum Gasteiger partial charge on any atom is 0.244 e. The Bertz CT molecular complexity index is 644. The van der Waals surface area contributed by atoms with Crippen molar-refractivity contribution in [3.63, 3.8) is 0 Å². The third kappa shape index (κ3) is 3.28. The van der Waals surface area contributed by atoms with Crippen LogP contribution in [0, 0.1) is 11.3 Å². The van der Waals surface area contributed by atoms with Crippen LogP contribution in [-0.4, -0.2) is 5.91 Å². The number of rotatable bonds is 4. The molecule has 0 aliphatic carbocycles. The molecule has 5 heteroatoms. The van der Waals surface area contributed by atoms with Gasteiger partial charge in [-0.1, -0.05) is 23.7 Å². The van der Waals surface area contributed by atoms with Gasteiger partial charge < -0.3 is 11.1 Å². The molecule has 0 fully saturated rings. The molecule has 0 saturated heterocycles. The minimum absolute atomic E-state index is 0.496. The number of nitriles is 1. The van der Waals surface area contributed by atoms with Crippen molar-refractivity contribution in [3.05, 3.63) is 64.7 Å². The highest BCUT2D eigenvalue weighted by atomic mass is 35.5. The van der Waals surface area contributed by atoms with E-state index in [2.05, 4.69) is 5.32 Å². The second kappa shape index (κ2) is 6.09. The number of hydrogen-bond acceptors (Lipinski definition) is 3. The van der Waals surface area contributed by atoms with Gasteiger partial charge in [0.25, 0.3) is 0 Å². The molecule has 0 saturated carbocycles. The molecule has 0 heterocycles. The lowest BCUT2D eigenvalue weighted by atomic mass is 10.0. The van der Waals surface area contributed by atoms with Crippen LogP contribution in [0.2, 0.25) is 5.02 Å². The topological polar surface area (TPSA) is 78.9 Å². The van der Waals surface area contributed by atoms with E-state index >= 15 is 0 Å². The van der Waals surface area contributed by atoms with E-state index in [1.807, 2.05) is 6.07 Å². The summed E-state index contributed by atoms with van der Waals surface area (Å²) in [5, 5.41) is 12.4. The van der Waals surface area contributed by atoms with Crippen molar-refractivity contribution in [2.45, 2.75) is 6.04 Å². The summed E-state index contributed by atoms with van der Waals surface area (Å²) in [5.74, 6) is -0.496. The molecule has 0 aliphatic heterocycles. The minimum atomic E-state index is -0.663. The first-order valence-corrected chi connectivity index (χ1v) is 6.29. The smallest absolute Gasteiger partial charge is 0.244 e. The average Bonchev–Trinajstić information content (AvgIpc) is 2.46. The SMILES string of the molecule is N#Cc1ccc(C(Nc2ccc(Cl)cc2)C(N)=O)cc1. The van der Waals surface area contributed by atoms with Crippen LogP contribution in [0.15, 0.2) is 48.5 Å².